The SMILES string of the molecule is CCNC(=O)[C@@H](Cc1ccccc1)N(Cc1cccc(Cl)c1)C(=O)CCCN(c1cccc(Cl)c1C)S(C)(=O)=O. The van der Waals surface area contributed by atoms with Crippen molar-refractivity contribution >= 4 is 50.7 Å². The maximum atomic E-state index is 13.8. The second-order valence-corrected chi connectivity index (χ2v) is 12.3. The first-order valence-corrected chi connectivity index (χ1v) is 15.7. The summed E-state index contributed by atoms with van der Waals surface area (Å²) in [5, 5.41) is 3.86. The molecule has 10 heteroatoms. The van der Waals surface area contributed by atoms with Crippen molar-refractivity contribution in [3.8, 4) is 0 Å². The van der Waals surface area contributed by atoms with E-state index in [1.165, 1.54) is 4.31 Å². The Bertz CT molecular complexity index is 1420. The molecule has 0 radical (unpaired) electrons. The predicted molar refractivity (Wildman–Crippen MR) is 162 cm³/mol. The third-order valence-corrected chi connectivity index (χ3v) is 8.35. The van der Waals surface area contributed by atoms with Gasteiger partial charge in [0.2, 0.25) is 21.8 Å². The van der Waals surface area contributed by atoms with Crippen LogP contribution in [0.3, 0.4) is 0 Å². The number of rotatable bonds is 13. The van der Waals surface area contributed by atoms with E-state index >= 15 is 0 Å². The molecule has 0 spiro atoms. The fourth-order valence-corrected chi connectivity index (χ4v) is 5.92. The van der Waals surface area contributed by atoms with Crippen LogP contribution in [0.15, 0.2) is 72.8 Å². The number of nitrogens with one attached hydrogen (secondary N) is 1. The Labute approximate surface area is 247 Å². The van der Waals surface area contributed by atoms with Gasteiger partial charge in [-0.15, -0.1) is 0 Å². The number of benzene rings is 3. The van der Waals surface area contributed by atoms with Crippen LogP contribution >= 0.6 is 23.2 Å². The van der Waals surface area contributed by atoms with Crippen LogP contribution in [0.1, 0.15) is 36.5 Å². The van der Waals surface area contributed by atoms with Crippen molar-refractivity contribution in [2.75, 3.05) is 23.7 Å². The molecule has 40 heavy (non-hydrogen) atoms. The summed E-state index contributed by atoms with van der Waals surface area (Å²) < 4.78 is 26.6. The van der Waals surface area contributed by atoms with Gasteiger partial charge in [-0.3, -0.25) is 13.9 Å². The van der Waals surface area contributed by atoms with Crippen LogP contribution < -0.4 is 9.62 Å². The van der Waals surface area contributed by atoms with Gasteiger partial charge in [0.25, 0.3) is 0 Å². The fourth-order valence-electron chi connectivity index (χ4n) is 4.53. The molecular weight excluding hydrogens is 569 g/mol. The van der Waals surface area contributed by atoms with E-state index in [2.05, 4.69) is 5.32 Å². The standard InChI is InChI=1S/C30H35Cl2N3O4S/c1-4-33-30(37)28(20-23-11-6-5-7-12-23)34(21-24-13-8-14-25(31)19-24)29(36)17-10-18-35(40(3,38)39)27-16-9-15-26(32)22(27)2/h5-9,11-16,19,28H,4,10,17-18,20-21H2,1-3H3,(H,33,37)/t28-/m1/s1. The van der Waals surface area contributed by atoms with Crippen molar-refractivity contribution in [3.63, 3.8) is 0 Å². The maximum absolute atomic E-state index is 13.8. The lowest BCUT2D eigenvalue weighted by Gasteiger charge is -2.32. The Morgan fingerprint density at radius 2 is 1.62 bits per heavy atom. The van der Waals surface area contributed by atoms with Gasteiger partial charge in [-0.25, -0.2) is 8.42 Å². The Hall–Kier alpha value is -3.07. The average molecular weight is 605 g/mol. The van der Waals surface area contributed by atoms with Crippen molar-refractivity contribution in [2.24, 2.45) is 0 Å². The molecule has 0 unspecified atom stereocenters. The van der Waals surface area contributed by atoms with Crippen molar-refractivity contribution in [1.29, 1.82) is 0 Å². The highest BCUT2D eigenvalue weighted by molar-refractivity contribution is 7.92. The van der Waals surface area contributed by atoms with Crippen LogP contribution in [0, 0.1) is 6.92 Å². The molecule has 0 aliphatic heterocycles. The molecule has 3 aromatic rings. The molecule has 0 saturated carbocycles. The summed E-state index contributed by atoms with van der Waals surface area (Å²) in [4.78, 5) is 28.6. The Morgan fingerprint density at radius 3 is 2.27 bits per heavy atom. The van der Waals surface area contributed by atoms with E-state index in [1.807, 2.05) is 43.3 Å². The molecule has 0 aliphatic carbocycles. The zero-order chi connectivity index (χ0) is 29.3. The third kappa shape index (κ3) is 8.71. The summed E-state index contributed by atoms with van der Waals surface area (Å²) in [5.41, 5.74) is 2.82. The second kappa shape index (κ2) is 14.5. The summed E-state index contributed by atoms with van der Waals surface area (Å²) in [5.74, 6) is -0.516. The number of sulfonamides is 1. The van der Waals surface area contributed by atoms with Gasteiger partial charge < -0.3 is 10.2 Å². The number of hydrogen-bond donors (Lipinski definition) is 1. The largest absolute Gasteiger partial charge is 0.355 e. The number of amides is 2. The quantitative estimate of drug-likeness (QED) is 0.274. The van der Waals surface area contributed by atoms with E-state index in [0.29, 0.717) is 34.3 Å². The molecule has 1 N–H and O–H groups in total. The van der Waals surface area contributed by atoms with Crippen molar-refractivity contribution in [3.05, 3.63) is 99.5 Å². The molecule has 0 fully saturated rings. The van der Waals surface area contributed by atoms with Gasteiger partial charge in [0.1, 0.15) is 6.04 Å². The average Bonchev–Trinajstić information content (AvgIpc) is 2.90. The van der Waals surface area contributed by atoms with E-state index in [9.17, 15) is 18.0 Å². The highest BCUT2D eigenvalue weighted by atomic mass is 35.5. The molecule has 3 rings (SSSR count). The van der Waals surface area contributed by atoms with Gasteiger partial charge in [-0.1, -0.05) is 71.7 Å². The van der Waals surface area contributed by atoms with Crippen LogP contribution in [-0.4, -0.2) is 50.5 Å². The number of nitrogens with zero attached hydrogens (tertiary/aromatic N) is 2. The number of carbonyl (C=O) groups excluding carboxylic acids is 2. The van der Waals surface area contributed by atoms with Gasteiger partial charge in [-0.05, 0) is 61.2 Å². The first-order valence-electron chi connectivity index (χ1n) is 13.1. The molecule has 0 bridgehead atoms. The molecule has 214 valence electrons. The lowest BCUT2D eigenvalue weighted by atomic mass is 10.0. The number of carbonyl (C=O) groups is 2. The molecule has 0 heterocycles. The van der Waals surface area contributed by atoms with Gasteiger partial charge in [0.15, 0.2) is 0 Å². The molecule has 7 nitrogen and oxygen atoms in total. The number of likely N-dealkylation sites (N-methyl/N-ethyl adjacent to an activating group) is 1. The van der Waals surface area contributed by atoms with E-state index in [0.717, 1.165) is 17.4 Å². The first-order chi connectivity index (χ1) is 19.0. The number of anilines is 1. The number of hydrogen-bond acceptors (Lipinski definition) is 4. The van der Waals surface area contributed by atoms with Gasteiger partial charge in [0, 0.05) is 42.5 Å². The van der Waals surface area contributed by atoms with E-state index in [4.69, 9.17) is 23.2 Å². The van der Waals surface area contributed by atoms with Crippen molar-refractivity contribution in [1.82, 2.24) is 10.2 Å². The van der Waals surface area contributed by atoms with E-state index < -0.39 is 16.1 Å². The molecule has 0 aliphatic rings. The minimum absolute atomic E-state index is 0.0386. The van der Waals surface area contributed by atoms with Crippen molar-refractivity contribution < 1.29 is 18.0 Å². The maximum Gasteiger partial charge on any atom is 0.243 e. The van der Waals surface area contributed by atoms with Crippen molar-refractivity contribution in [2.45, 2.75) is 45.7 Å². The normalized spacial score (nSPS) is 12.0. The Balaban J connectivity index is 1.88. The van der Waals surface area contributed by atoms with Crippen LogP contribution in [0.4, 0.5) is 5.69 Å². The Kier molecular flexibility index (Phi) is 11.4. The predicted octanol–water partition coefficient (Wildman–Crippen LogP) is 5.62. The summed E-state index contributed by atoms with van der Waals surface area (Å²) in [6, 6.07) is 21.0. The highest BCUT2D eigenvalue weighted by Gasteiger charge is 2.30. The second-order valence-electron chi connectivity index (χ2n) is 9.57. The van der Waals surface area contributed by atoms with Gasteiger partial charge in [-0.2, -0.15) is 0 Å². The lowest BCUT2D eigenvalue weighted by Crippen LogP contribution is -2.50. The van der Waals surface area contributed by atoms with Crippen LogP contribution in [0.2, 0.25) is 10.0 Å². The summed E-state index contributed by atoms with van der Waals surface area (Å²) in [6.07, 6.45) is 1.75. The van der Waals surface area contributed by atoms with Crippen LogP contribution in [-0.2, 0) is 32.6 Å². The minimum Gasteiger partial charge on any atom is -0.355 e. The highest BCUT2D eigenvalue weighted by Crippen LogP contribution is 2.28. The third-order valence-electron chi connectivity index (χ3n) is 6.52. The molecule has 2 amide bonds. The summed E-state index contributed by atoms with van der Waals surface area (Å²) in [6.45, 7) is 4.27. The molecule has 1 atom stereocenters. The lowest BCUT2D eigenvalue weighted by molar-refractivity contribution is -0.141. The summed E-state index contributed by atoms with van der Waals surface area (Å²) >= 11 is 12.5. The zero-order valence-electron chi connectivity index (χ0n) is 22.9. The zero-order valence-corrected chi connectivity index (χ0v) is 25.3. The molecule has 0 aromatic heterocycles. The molecular formula is C30H35Cl2N3O4S. The number of halogens is 2. The van der Waals surface area contributed by atoms with Crippen LogP contribution in [0.5, 0.6) is 0 Å². The fraction of sp³-hybridized carbons (Fsp3) is 0.333. The monoisotopic (exact) mass is 603 g/mol. The summed E-state index contributed by atoms with van der Waals surface area (Å²) in [7, 11) is -3.64. The van der Waals surface area contributed by atoms with E-state index in [-0.39, 0.29) is 37.7 Å². The van der Waals surface area contributed by atoms with Crippen LogP contribution in [0.25, 0.3) is 0 Å². The minimum atomic E-state index is -3.64. The molecule has 0 saturated heterocycles. The molecule has 3 aromatic carbocycles. The first kappa shape index (κ1) is 31.5. The Morgan fingerprint density at radius 1 is 0.950 bits per heavy atom. The topological polar surface area (TPSA) is 86.8 Å². The van der Waals surface area contributed by atoms with Gasteiger partial charge in [0.05, 0.1) is 11.9 Å². The smallest absolute Gasteiger partial charge is 0.243 e. The van der Waals surface area contributed by atoms with Gasteiger partial charge >= 0.3 is 0 Å². The van der Waals surface area contributed by atoms with E-state index in [1.54, 1.807) is 48.2 Å².